The quantitative estimate of drug-likeness (QED) is 0.588. The molecule has 4 rings (SSSR count). The fourth-order valence-electron chi connectivity index (χ4n) is 3.58. The van der Waals surface area contributed by atoms with Gasteiger partial charge in [0.1, 0.15) is 0 Å². The van der Waals surface area contributed by atoms with Crippen LogP contribution in [0.4, 0.5) is 5.13 Å². The van der Waals surface area contributed by atoms with E-state index in [0.29, 0.717) is 6.54 Å². The van der Waals surface area contributed by atoms with Crippen molar-refractivity contribution in [2.24, 2.45) is 5.92 Å². The molecule has 6 heteroatoms. The van der Waals surface area contributed by atoms with E-state index in [1.54, 1.807) is 22.7 Å². The molecule has 0 atom stereocenters. The minimum absolute atomic E-state index is 0.134. The molecule has 0 saturated heterocycles. The number of nitrogens with zero attached hydrogens (tertiary/aromatic N) is 3. The van der Waals surface area contributed by atoms with Crippen molar-refractivity contribution in [3.05, 3.63) is 40.3 Å². The lowest BCUT2D eigenvalue weighted by molar-refractivity contribution is -0.123. The third-order valence-corrected chi connectivity index (χ3v) is 6.90. The summed E-state index contributed by atoms with van der Waals surface area (Å²) in [5.41, 5.74) is 4.11. The van der Waals surface area contributed by atoms with Gasteiger partial charge in [-0.15, -0.1) is 11.3 Å². The van der Waals surface area contributed by atoms with Gasteiger partial charge in [-0.05, 0) is 37.0 Å². The van der Waals surface area contributed by atoms with Crippen LogP contribution in [-0.4, -0.2) is 15.9 Å². The zero-order valence-electron chi connectivity index (χ0n) is 15.0. The molecule has 0 unspecified atom stereocenters. The first-order chi connectivity index (χ1) is 12.7. The molecule has 0 spiro atoms. The largest absolute Gasteiger partial charge is 0.282 e. The molecule has 1 aromatic carbocycles. The summed E-state index contributed by atoms with van der Waals surface area (Å²) < 4.78 is 1.16. The Morgan fingerprint density at radius 3 is 2.85 bits per heavy atom. The summed E-state index contributed by atoms with van der Waals surface area (Å²) in [6.45, 7) is 2.73. The molecule has 1 fully saturated rings. The Kier molecular flexibility index (Phi) is 5.31. The van der Waals surface area contributed by atoms with E-state index in [1.807, 2.05) is 16.6 Å². The highest BCUT2D eigenvalue weighted by Crippen LogP contribution is 2.34. The molecule has 0 aliphatic heterocycles. The summed E-state index contributed by atoms with van der Waals surface area (Å²) in [5, 5.41) is 0.817. The fourth-order valence-corrected chi connectivity index (χ4v) is 5.19. The first kappa shape index (κ1) is 17.6. The molecule has 3 aromatic rings. The first-order valence-corrected chi connectivity index (χ1v) is 11.0. The highest BCUT2D eigenvalue weighted by molar-refractivity contribution is 7.22. The fraction of sp³-hybridized carbons (Fsp3) is 0.450. The molecule has 0 bridgehead atoms. The summed E-state index contributed by atoms with van der Waals surface area (Å²) in [4.78, 5) is 25.3. The maximum atomic E-state index is 13.3. The number of aryl methyl sites for hydroxylation is 1. The third-order valence-electron chi connectivity index (χ3n) is 5.10. The number of thiazole rings is 2. The summed E-state index contributed by atoms with van der Waals surface area (Å²) in [6.07, 6.45) is 8.43. The van der Waals surface area contributed by atoms with Gasteiger partial charge in [-0.2, -0.15) is 0 Å². The zero-order valence-corrected chi connectivity index (χ0v) is 16.6. The van der Waals surface area contributed by atoms with Crippen LogP contribution in [0, 0.1) is 5.92 Å². The second-order valence-electron chi connectivity index (χ2n) is 6.88. The highest BCUT2D eigenvalue weighted by atomic mass is 32.1. The van der Waals surface area contributed by atoms with E-state index in [4.69, 9.17) is 4.98 Å². The summed E-state index contributed by atoms with van der Waals surface area (Å²) in [5.74, 6) is 0.364. The molecule has 0 N–H and O–H groups in total. The van der Waals surface area contributed by atoms with Crippen LogP contribution in [0.2, 0.25) is 0 Å². The Labute approximate surface area is 161 Å². The van der Waals surface area contributed by atoms with E-state index in [0.717, 1.165) is 52.3 Å². The van der Waals surface area contributed by atoms with Crippen LogP contribution in [0.3, 0.4) is 0 Å². The predicted octanol–water partition coefficient (Wildman–Crippen LogP) is 5.43. The van der Waals surface area contributed by atoms with Crippen LogP contribution < -0.4 is 4.90 Å². The molecule has 1 aliphatic carbocycles. The number of aromatic nitrogens is 2. The van der Waals surface area contributed by atoms with Gasteiger partial charge < -0.3 is 0 Å². The Morgan fingerprint density at radius 1 is 1.27 bits per heavy atom. The number of carbonyl (C=O) groups is 1. The number of fused-ring (bicyclic) bond motifs is 1. The Bertz CT molecular complexity index is 882. The van der Waals surface area contributed by atoms with E-state index in [9.17, 15) is 4.79 Å². The van der Waals surface area contributed by atoms with E-state index in [2.05, 4.69) is 30.1 Å². The second kappa shape index (κ2) is 7.84. The number of anilines is 1. The van der Waals surface area contributed by atoms with Gasteiger partial charge in [0.25, 0.3) is 0 Å². The van der Waals surface area contributed by atoms with E-state index < -0.39 is 0 Å². The van der Waals surface area contributed by atoms with Gasteiger partial charge in [0.15, 0.2) is 5.13 Å². The van der Waals surface area contributed by atoms with Gasteiger partial charge in [0.05, 0.1) is 22.3 Å². The normalized spacial score (nSPS) is 15.4. The van der Waals surface area contributed by atoms with Gasteiger partial charge in [0, 0.05) is 17.0 Å². The molecule has 136 valence electrons. The van der Waals surface area contributed by atoms with Crippen molar-refractivity contribution < 1.29 is 4.79 Å². The number of hydrogen-bond acceptors (Lipinski definition) is 5. The molecular weight excluding hydrogens is 362 g/mol. The maximum Gasteiger partial charge on any atom is 0.232 e. The Balaban J connectivity index is 1.68. The van der Waals surface area contributed by atoms with Gasteiger partial charge >= 0.3 is 0 Å². The molecule has 1 saturated carbocycles. The molecule has 2 aromatic heterocycles. The first-order valence-electron chi connectivity index (χ1n) is 9.33. The standard InChI is InChI=1S/C20H23N3OS2/c1-2-14-8-9-17-18(10-14)26-20(22-17)23(12-16-11-21-13-25-16)19(24)15-6-4-3-5-7-15/h8-11,13,15H,2-7,12H2,1H3. The van der Waals surface area contributed by atoms with E-state index >= 15 is 0 Å². The van der Waals surface area contributed by atoms with Crippen LogP contribution in [-0.2, 0) is 17.8 Å². The molecule has 2 heterocycles. The molecule has 4 nitrogen and oxygen atoms in total. The number of rotatable bonds is 5. The molecule has 1 amide bonds. The average Bonchev–Trinajstić information content (AvgIpc) is 3.34. The van der Waals surface area contributed by atoms with Crippen LogP contribution in [0.1, 0.15) is 49.5 Å². The third kappa shape index (κ3) is 3.67. The molecule has 0 radical (unpaired) electrons. The number of hydrogen-bond donors (Lipinski definition) is 0. The van der Waals surface area contributed by atoms with Crippen LogP contribution >= 0.6 is 22.7 Å². The van der Waals surface area contributed by atoms with Crippen molar-refractivity contribution in [3.63, 3.8) is 0 Å². The molecule has 26 heavy (non-hydrogen) atoms. The zero-order chi connectivity index (χ0) is 17.9. The predicted molar refractivity (Wildman–Crippen MR) is 109 cm³/mol. The Hall–Kier alpha value is -1.79. The van der Waals surface area contributed by atoms with Gasteiger partial charge in [-0.1, -0.05) is 43.6 Å². The lowest BCUT2D eigenvalue weighted by Gasteiger charge is -2.27. The minimum atomic E-state index is 0.134. The second-order valence-corrected chi connectivity index (χ2v) is 8.86. The van der Waals surface area contributed by atoms with E-state index in [1.165, 1.54) is 12.0 Å². The number of benzene rings is 1. The Morgan fingerprint density at radius 2 is 2.12 bits per heavy atom. The monoisotopic (exact) mass is 385 g/mol. The van der Waals surface area contributed by atoms with Crippen molar-refractivity contribution in [3.8, 4) is 0 Å². The van der Waals surface area contributed by atoms with Crippen LogP contribution in [0.5, 0.6) is 0 Å². The maximum absolute atomic E-state index is 13.3. The van der Waals surface area contributed by atoms with Crippen LogP contribution in [0.25, 0.3) is 10.2 Å². The van der Waals surface area contributed by atoms with E-state index in [-0.39, 0.29) is 11.8 Å². The van der Waals surface area contributed by atoms with Crippen molar-refractivity contribution in [1.82, 2.24) is 9.97 Å². The minimum Gasteiger partial charge on any atom is -0.282 e. The van der Waals surface area contributed by atoms with Gasteiger partial charge in [-0.3, -0.25) is 14.7 Å². The molecular formula is C20H23N3OS2. The smallest absolute Gasteiger partial charge is 0.232 e. The topological polar surface area (TPSA) is 46.1 Å². The van der Waals surface area contributed by atoms with Crippen molar-refractivity contribution in [2.45, 2.75) is 52.0 Å². The van der Waals surface area contributed by atoms with Crippen molar-refractivity contribution in [2.75, 3.05) is 4.90 Å². The average molecular weight is 386 g/mol. The van der Waals surface area contributed by atoms with Crippen molar-refractivity contribution >= 4 is 43.9 Å². The summed E-state index contributed by atoms with van der Waals surface area (Å²) in [6, 6.07) is 6.40. The lowest BCUT2D eigenvalue weighted by Crippen LogP contribution is -2.36. The van der Waals surface area contributed by atoms with Crippen LogP contribution in [0.15, 0.2) is 29.9 Å². The summed E-state index contributed by atoms with van der Waals surface area (Å²) >= 11 is 3.22. The number of carbonyl (C=O) groups excluding carboxylic acids is 1. The van der Waals surface area contributed by atoms with Gasteiger partial charge in [0.2, 0.25) is 5.91 Å². The van der Waals surface area contributed by atoms with Gasteiger partial charge in [-0.25, -0.2) is 4.98 Å². The lowest BCUT2D eigenvalue weighted by atomic mass is 9.88. The van der Waals surface area contributed by atoms with Crippen molar-refractivity contribution in [1.29, 1.82) is 0 Å². The molecule has 1 aliphatic rings. The summed E-state index contributed by atoms with van der Waals surface area (Å²) in [7, 11) is 0. The SMILES string of the molecule is CCc1ccc2nc(N(Cc3cncs3)C(=O)C3CCCCC3)sc2c1. The number of amides is 1. The highest BCUT2D eigenvalue weighted by Gasteiger charge is 2.29.